The molecule has 0 bridgehead atoms. The fraction of sp³-hybridized carbons (Fsp3) is 0.0625. The fourth-order valence-electron chi connectivity index (χ4n) is 4.82. The lowest BCUT2D eigenvalue weighted by Crippen LogP contribution is -2.29. The predicted octanol–water partition coefficient (Wildman–Crippen LogP) is 5.98. The summed E-state index contributed by atoms with van der Waals surface area (Å²) in [5.74, 6) is -0.296. The molecule has 0 radical (unpaired) electrons. The summed E-state index contributed by atoms with van der Waals surface area (Å²) in [4.78, 5) is 53.2. The predicted molar refractivity (Wildman–Crippen MR) is 152 cm³/mol. The molecule has 2 aliphatic heterocycles. The number of hydrogen-bond donors (Lipinski definition) is 0. The number of nitrogens with zero attached hydrogens (tertiary/aromatic N) is 1. The summed E-state index contributed by atoms with van der Waals surface area (Å²) in [6.45, 7) is 0.134. The lowest BCUT2D eigenvalue weighted by molar-refractivity contribution is 0.0641. The Hall–Kier alpha value is -5.61. The molecule has 2 amide bonds. The monoisotopic (exact) mass is 595 g/mol. The molecule has 4 aromatic carbocycles. The van der Waals surface area contributed by atoms with Gasteiger partial charge in [-0.15, -0.1) is 0 Å². The highest BCUT2D eigenvalue weighted by molar-refractivity contribution is 6.32. The summed E-state index contributed by atoms with van der Waals surface area (Å²) in [6, 6.07) is 20.3. The van der Waals surface area contributed by atoms with Crippen molar-refractivity contribution in [1.82, 2.24) is 4.90 Å². The van der Waals surface area contributed by atoms with Crippen LogP contribution in [-0.4, -0.2) is 29.5 Å². The molecule has 7 rings (SSSR count). The second kappa shape index (κ2) is 10.3. The second-order valence-corrected chi connectivity index (χ2v) is 10.1. The first-order valence-electron chi connectivity index (χ1n) is 12.9. The average Bonchev–Trinajstić information content (AvgIpc) is 3.57. The van der Waals surface area contributed by atoms with Gasteiger partial charge in [0.05, 0.1) is 33.6 Å². The number of benzene rings is 4. The van der Waals surface area contributed by atoms with Gasteiger partial charge < -0.3 is 23.4 Å². The van der Waals surface area contributed by atoms with Crippen LogP contribution in [0.4, 0.5) is 0 Å². The Morgan fingerprint density at radius 3 is 2.51 bits per heavy atom. The van der Waals surface area contributed by atoms with Crippen LogP contribution in [0, 0.1) is 0 Å². The zero-order valence-corrected chi connectivity index (χ0v) is 22.8. The van der Waals surface area contributed by atoms with E-state index in [1.54, 1.807) is 42.5 Å². The first-order chi connectivity index (χ1) is 20.9. The van der Waals surface area contributed by atoms with Crippen LogP contribution in [0.25, 0.3) is 11.0 Å². The second-order valence-electron chi connectivity index (χ2n) is 9.65. The van der Waals surface area contributed by atoms with Crippen molar-refractivity contribution in [3.8, 4) is 28.7 Å². The van der Waals surface area contributed by atoms with Gasteiger partial charge in [0, 0.05) is 6.07 Å². The molecule has 212 valence electrons. The first kappa shape index (κ1) is 26.3. The maximum Gasteiger partial charge on any atom is 0.343 e. The van der Waals surface area contributed by atoms with E-state index >= 15 is 0 Å². The number of imide groups is 1. The average molecular weight is 596 g/mol. The van der Waals surface area contributed by atoms with Crippen LogP contribution in [0.3, 0.4) is 0 Å². The molecule has 2 aliphatic rings. The molecular formula is C32H18ClNO9. The summed E-state index contributed by atoms with van der Waals surface area (Å²) < 4.78 is 27.4. The van der Waals surface area contributed by atoms with E-state index in [4.69, 9.17) is 35.0 Å². The number of fused-ring (bicyclic) bond motifs is 3. The normalized spacial score (nSPS) is 13.4. The zero-order valence-electron chi connectivity index (χ0n) is 22.0. The topological polar surface area (TPSA) is 122 Å². The number of esters is 1. The van der Waals surface area contributed by atoms with Crippen molar-refractivity contribution in [2.24, 2.45) is 0 Å². The van der Waals surface area contributed by atoms with E-state index < -0.39 is 23.2 Å². The van der Waals surface area contributed by atoms with Crippen LogP contribution in [0.2, 0.25) is 5.02 Å². The standard InChI is InChI=1S/C32H18ClNO9/c33-23-3-1-2-4-24(23)43-28-15-39-26-13-19(7-9-21(26)29(28)35)42-32(38)18-6-8-20-22(12-18)31(37)34(30(20)36)14-17-5-10-25-27(11-17)41-16-40-25/h1-13,15H,14,16H2. The molecule has 0 saturated heterocycles. The summed E-state index contributed by atoms with van der Waals surface area (Å²) in [5, 5.41) is 0.535. The molecule has 0 atom stereocenters. The van der Waals surface area contributed by atoms with Crippen molar-refractivity contribution in [3.63, 3.8) is 0 Å². The Morgan fingerprint density at radius 2 is 1.65 bits per heavy atom. The van der Waals surface area contributed by atoms with E-state index in [9.17, 15) is 19.2 Å². The maximum absolute atomic E-state index is 13.2. The Labute approximate surface area is 247 Å². The number of ether oxygens (including phenoxy) is 4. The van der Waals surface area contributed by atoms with E-state index in [0.29, 0.717) is 27.8 Å². The molecule has 0 spiro atoms. The molecular weight excluding hydrogens is 578 g/mol. The molecule has 10 nitrogen and oxygen atoms in total. The minimum absolute atomic E-state index is 0.0240. The molecule has 11 heteroatoms. The number of halogens is 1. The molecule has 5 aromatic rings. The Bertz CT molecular complexity index is 2050. The van der Waals surface area contributed by atoms with Crippen LogP contribution in [-0.2, 0) is 6.54 Å². The van der Waals surface area contributed by atoms with E-state index in [1.165, 1.54) is 36.4 Å². The van der Waals surface area contributed by atoms with Gasteiger partial charge in [-0.2, -0.15) is 0 Å². The lowest BCUT2D eigenvalue weighted by atomic mass is 10.1. The Balaban J connectivity index is 1.08. The van der Waals surface area contributed by atoms with Crippen molar-refractivity contribution in [2.45, 2.75) is 6.54 Å². The zero-order chi connectivity index (χ0) is 29.7. The molecule has 0 N–H and O–H groups in total. The smallest absolute Gasteiger partial charge is 0.343 e. The lowest BCUT2D eigenvalue weighted by Gasteiger charge is -2.14. The number of carbonyl (C=O) groups excluding carboxylic acids is 3. The number of rotatable bonds is 6. The molecule has 0 saturated carbocycles. The molecule has 0 fully saturated rings. The van der Waals surface area contributed by atoms with E-state index in [2.05, 4.69) is 0 Å². The molecule has 1 aromatic heterocycles. The number of para-hydroxylation sites is 1. The SMILES string of the molecule is O=C(Oc1ccc2c(=O)c(Oc3ccccc3Cl)coc2c1)c1ccc2c(c1)C(=O)N(Cc1ccc3c(c1)OCO3)C2=O. The van der Waals surface area contributed by atoms with Gasteiger partial charge in [0.25, 0.3) is 11.8 Å². The molecule has 0 unspecified atom stereocenters. The third kappa shape index (κ3) is 4.73. The van der Waals surface area contributed by atoms with Crippen LogP contribution in [0.15, 0.2) is 94.3 Å². The van der Waals surface area contributed by atoms with Gasteiger partial charge in [-0.05, 0) is 60.2 Å². The third-order valence-electron chi connectivity index (χ3n) is 6.97. The number of amides is 2. The quantitative estimate of drug-likeness (QED) is 0.132. The van der Waals surface area contributed by atoms with Crippen molar-refractivity contribution in [2.75, 3.05) is 6.79 Å². The van der Waals surface area contributed by atoms with E-state index in [1.807, 2.05) is 0 Å². The van der Waals surface area contributed by atoms with Gasteiger partial charge in [-0.1, -0.05) is 29.8 Å². The minimum atomic E-state index is -0.766. The van der Waals surface area contributed by atoms with E-state index in [0.717, 1.165) is 11.2 Å². The number of hydrogen-bond acceptors (Lipinski definition) is 9. The van der Waals surface area contributed by atoms with Crippen LogP contribution < -0.4 is 24.4 Å². The maximum atomic E-state index is 13.2. The molecule has 43 heavy (non-hydrogen) atoms. The third-order valence-corrected chi connectivity index (χ3v) is 7.28. The summed E-state index contributed by atoms with van der Waals surface area (Å²) in [5.41, 5.74) is 0.751. The summed E-state index contributed by atoms with van der Waals surface area (Å²) in [7, 11) is 0. The first-order valence-corrected chi connectivity index (χ1v) is 13.3. The van der Waals surface area contributed by atoms with Gasteiger partial charge in [0.15, 0.2) is 11.5 Å². The fourth-order valence-corrected chi connectivity index (χ4v) is 4.99. The summed E-state index contributed by atoms with van der Waals surface area (Å²) in [6.07, 6.45) is 1.15. The highest BCUT2D eigenvalue weighted by atomic mass is 35.5. The van der Waals surface area contributed by atoms with Gasteiger partial charge in [0.2, 0.25) is 18.0 Å². The van der Waals surface area contributed by atoms with Crippen LogP contribution >= 0.6 is 11.6 Å². The van der Waals surface area contributed by atoms with E-state index in [-0.39, 0.29) is 52.5 Å². The van der Waals surface area contributed by atoms with Crippen molar-refractivity contribution >= 4 is 40.4 Å². The Morgan fingerprint density at radius 1 is 0.837 bits per heavy atom. The number of carbonyl (C=O) groups is 3. The minimum Gasteiger partial charge on any atom is -0.460 e. The van der Waals surface area contributed by atoms with Crippen molar-refractivity contribution in [3.05, 3.63) is 123 Å². The van der Waals surface area contributed by atoms with Crippen molar-refractivity contribution < 1.29 is 37.7 Å². The summed E-state index contributed by atoms with van der Waals surface area (Å²) >= 11 is 6.12. The van der Waals surface area contributed by atoms with Gasteiger partial charge >= 0.3 is 5.97 Å². The highest BCUT2D eigenvalue weighted by Gasteiger charge is 2.36. The highest BCUT2D eigenvalue weighted by Crippen LogP contribution is 2.34. The van der Waals surface area contributed by atoms with Gasteiger partial charge in [0.1, 0.15) is 23.3 Å². The molecule has 3 heterocycles. The van der Waals surface area contributed by atoms with Crippen LogP contribution in [0.1, 0.15) is 36.6 Å². The van der Waals surface area contributed by atoms with Crippen molar-refractivity contribution in [1.29, 1.82) is 0 Å². The van der Waals surface area contributed by atoms with Crippen LogP contribution in [0.5, 0.6) is 28.7 Å². The largest absolute Gasteiger partial charge is 0.460 e. The Kier molecular flexibility index (Phi) is 6.32. The van der Waals surface area contributed by atoms with Gasteiger partial charge in [-0.25, -0.2) is 4.79 Å². The van der Waals surface area contributed by atoms with Gasteiger partial charge in [-0.3, -0.25) is 19.3 Å². The molecule has 0 aliphatic carbocycles.